The lowest BCUT2D eigenvalue weighted by Crippen LogP contribution is -2.56. The number of carboxylic acid groups (broad SMARTS) is 1. The van der Waals surface area contributed by atoms with E-state index in [0.29, 0.717) is 23.7 Å². The molecule has 0 aliphatic carbocycles. The first kappa shape index (κ1) is 12.8. The van der Waals surface area contributed by atoms with Crippen molar-refractivity contribution in [3.05, 3.63) is 16.3 Å². The highest BCUT2D eigenvalue weighted by atomic mass is 32.1. The molecule has 0 aromatic carbocycles. The number of nitrogens with one attached hydrogen (secondary N) is 1. The number of carbonyl (C=O) groups excluding carboxylic acids is 1. The minimum Gasteiger partial charge on any atom is -0.496 e. The fraction of sp³-hybridized carbons (Fsp3) is 0.455. The van der Waals surface area contributed by atoms with Gasteiger partial charge in [-0.2, -0.15) is 0 Å². The van der Waals surface area contributed by atoms with E-state index in [1.807, 2.05) is 0 Å². The lowest BCUT2D eigenvalue weighted by molar-refractivity contribution is -0.142. The van der Waals surface area contributed by atoms with Crippen molar-refractivity contribution in [2.75, 3.05) is 26.7 Å². The molecule has 0 saturated carbocycles. The van der Waals surface area contributed by atoms with Crippen LogP contribution < -0.4 is 10.1 Å². The van der Waals surface area contributed by atoms with Crippen LogP contribution in [-0.2, 0) is 4.79 Å². The zero-order valence-electron chi connectivity index (χ0n) is 9.88. The minimum atomic E-state index is -0.987. The maximum absolute atomic E-state index is 12.2. The van der Waals surface area contributed by atoms with Crippen molar-refractivity contribution >= 4 is 23.2 Å². The molecule has 2 N–H and O–H groups in total. The summed E-state index contributed by atoms with van der Waals surface area (Å²) in [7, 11) is 1.53. The van der Waals surface area contributed by atoms with Crippen molar-refractivity contribution in [1.82, 2.24) is 10.2 Å². The van der Waals surface area contributed by atoms with E-state index in [-0.39, 0.29) is 12.5 Å². The largest absolute Gasteiger partial charge is 0.496 e. The smallest absolute Gasteiger partial charge is 0.327 e. The van der Waals surface area contributed by atoms with Gasteiger partial charge in [0, 0.05) is 31.1 Å². The molecular weight excluding hydrogens is 256 g/mol. The third kappa shape index (κ3) is 2.46. The van der Waals surface area contributed by atoms with Crippen LogP contribution >= 0.6 is 11.3 Å². The molecule has 1 atom stereocenters. The maximum atomic E-state index is 12.2. The summed E-state index contributed by atoms with van der Waals surface area (Å²) in [6.07, 6.45) is 0. The quantitative estimate of drug-likeness (QED) is 0.823. The predicted octanol–water partition coefficient (Wildman–Crippen LogP) is 0.255. The summed E-state index contributed by atoms with van der Waals surface area (Å²) in [5.74, 6) is -0.623. The number of rotatable bonds is 3. The van der Waals surface area contributed by atoms with Crippen molar-refractivity contribution in [2.45, 2.75) is 6.04 Å². The van der Waals surface area contributed by atoms with E-state index >= 15 is 0 Å². The number of methoxy groups -OCH3 is 1. The van der Waals surface area contributed by atoms with Crippen LogP contribution in [0.5, 0.6) is 5.75 Å². The van der Waals surface area contributed by atoms with Gasteiger partial charge in [0.2, 0.25) is 0 Å². The second kappa shape index (κ2) is 5.36. The number of nitrogens with zero attached hydrogens (tertiary/aromatic N) is 1. The van der Waals surface area contributed by atoms with E-state index in [1.54, 1.807) is 11.4 Å². The van der Waals surface area contributed by atoms with Crippen molar-refractivity contribution in [3.63, 3.8) is 0 Å². The van der Waals surface area contributed by atoms with Crippen molar-refractivity contribution < 1.29 is 19.4 Å². The average Bonchev–Trinajstić information content (AvgIpc) is 2.86. The molecule has 1 amide bonds. The average molecular weight is 270 g/mol. The number of amides is 1. The molecule has 98 valence electrons. The third-order valence-corrected chi connectivity index (χ3v) is 3.71. The molecule has 0 bridgehead atoms. The lowest BCUT2D eigenvalue weighted by atomic mass is 10.2. The summed E-state index contributed by atoms with van der Waals surface area (Å²) in [5.41, 5.74) is 0. The SMILES string of the molecule is COc1csc(C(=O)N2CCNCC2C(=O)O)c1. The van der Waals surface area contributed by atoms with Crippen molar-refractivity contribution in [1.29, 1.82) is 0 Å². The van der Waals surface area contributed by atoms with Gasteiger partial charge in [0.15, 0.2) is 0 Å². The Balaban J connectivity index is 2.17. The van der Waals surface area contributed by atoms with E-state index < -0.39 is 12.0 Å². The second-order valence-corrected chi connectivity index (χ2v) is 4.82. The van der Waals surface area contributed by atoms with Crippen LogP contribution in [0.15, 0.2) is 11.4 Å². The molecular formula is C11H14N2O4S. The molecule has 1 unspecified atom stereocenters. The summed E-state index contributed by atoms with van der Waals surface area (Å²) in [6.45, 7) is 1.29. The van der Waals surface area contributed by atoms with E-state index in [1.165, 1.54) is 23.3 Å². The molecule has 7 heteroatoms. The van der Waals surface area contributed by atoms with Gasteiger partial charge in [-0.05, 0) is 0 Å². The Kier molecular flexibility index (Phi) is 3.83. The molecule has 1 aromatic rings. The number of aliphatic carboxylic acids is 1. The second-order valence-electron chi connectivity index (χ2n) is 3.91. The monoisotopic (exact) mass is 270 g/mol. The third-order valence-electron chi connectivity index (χ3n) is 2.81. The molecule has 1 aliphatic rings. The highest BCUT2D eigenvalue weighted by Gasteiger charge is 2.32. The van der Waals surface area contributed by atoms with Crippen LogP contribution in [0.4, 0.5) is 0 Å². The summed E-state index contributed by atoms with van der Waals surface area (Å²) in [5, 5.41) is 13.8. The molecule has 6 nitrogen and oxygen atoms in total. The fourth-order valence-electron chi connectivity index (χ4n) is 1.85. The molecule has 18 heavy (non-hydrogen) atoms. The predicted molar refractivity (Wildman–Crippen MR) is 66.2 cm³/mol. The fourth-order valence-corrected chi connectivity index (χ4v) is 2.66. The highest BCUT2D eigenvalue weighted by Crippen LogP contribution is 2.23. The maximum Gasteiger partial charge on any atom is 0.327 e. The molecule has 0 radical (unpaired) electrons. The van der Waals surface area contributed by atoms with Crippen molar-refractivity contribution in [2.24, 2.45) is 0 Å². The zero-order chi connectivity index (χ0) is 13.1. The summed E-state index contributed by atoms with van der Waals surface area (Å²) in [4.78, 5) is 25.2. The number of hydrogen-bond donors (Lipinski definition) is 2. The van der Waals surface area contributed by atoms with E-state index in [0.717, 1.165) is 0 Å². The van der Waals surface area contributed by atoms with Gasteiger partial charge in [-0.1, -0.05) is 0 Å². The van der Waals surface area contributed by atoms with Crippen molar-refractivity contribution in [3.8, 4) is 5.75 Å². The molecule has 1 fully saturated rings. The number of carboxylic acids is 1. The number of carbonyl (C=O) groups is 2. The van der Waals surface area contributed by atoms with Gasteiger partial charge in [-0.15, -0.1) is 11.3 Å². The van der Waals surface area contributed by atoms with Gasteiger partial charge < -0.3 is 20.1 Å². The van der Waals surface area contributed by atoms with Crippen LogP contribution in [0.3, 0.4) is 0 Å². The zero-order valence-corrected chi connectivity index (χ0v) is 10.7. The molecule has 2 rings (SSSR count). The van der Waals surface area contributed by atoms with E-state index in [4.69, 9.17) is 9.84 Å². The normalized spacial score (nSPS) is 19.6. The molecule has 2 heterocycles. The Hall–Kier alpha value is -1.60. The standard InChI is InChI=1S/C11H14N2O4S/c1-17-7-4-9(18-6-7)10(14)13-3-2-12-5-8(13)11(15)16/h4,6,8,12H,2-3,5H2,1H3,(H,15,16). The van der Waals surface area contributed by atoms with Gasteiger partial charge in [-0.25, -0.2) is 4.79 Å². The number of ether oxygens (including phenoxy) is 1. The van der Waals surface area contributed by atoms with Gasteiger partial charge >= 0.3 is 5.97 Å². The van der Waals surface area contributed by atoms with Crippen LogP contribution in [0.2, 0.25) is 0 Å². The van der Waals surface area contributed by atoms with Crippen LogP contribution in [0, 0.1) is 0 Å². The van der Waals surface area contributed by atoms with E-state index in [2.05, 4.69) is 5.32 Å². The summed E-state index contributed by atoms with van der Waals surface area (Å²) < 4.78 is 5.02. The van der Waals surface area contributed by atoms with Gasteiger partial charge in [0.05, 0.1) is 12.0 Å². The first-order valence-corrected chi connectivity index (χ1v) is 6.38. The Bertz CT molecular complexity index is 460. The first-order valence-electron chi connectivity index (χ1n) is 5.50. The molecule has 1 aromatic heterocycles. The summed E-state index contributed by atoms with van der Waals surface area (Å²) >= 11 is 1.26. The molecule has 1 aliphatic heterocycles. The molecule has 1 saturated heterocycles. The lowest BCUT2D eigenvalue weighted by Gasteiger charge is -2.33. The van der Waals surface area contributed by atoms with Crippen LogP contribution in [0.1, 0.15) is 9.67 Å². The van der Waals surface area contributed by atoms with Gasteiger partial charge in [0.25, 0.3) is 5.91 Å². The Morgan fingerprint density at radius 1 is 1.61 bits per heavy atom. The van der Waals surface area contributed by atoms with Gasteiger partial charge in [-0.3, -0.25) is 4.79 Å². The number of thiophene rings is 1. The Morgan fingerprint density at radius 2 is 2.39 bits per heavy atom. The number of hydrogen-bond acceptors (Lipinski definition) is 5. The van der Waals surface area contributed by atoms with Gasteiger partial charge in [0.1, 0.15) is 11.8 Å². The summed E-state index contributed by atoms with van der Waals surface area (Å²) in [6, 6.07) is 0.827. The highest BCUT2D eigenvalue weighted by molar-refractivity contribution is 7.12. The van der Waals surface area contributed by atoms with Crippen LogP contribution in [-0.4, -0.2) is 54.7 Å². The molecule has 0 spiro atoms. The first-order chi connectivity index (χ1) is 8.63. The Morgan fingerprint density at radius 3 is 3.00 bits per heavy atom. The minimum absolute atomic E-state index is 0.253. The Labute approximate surface area is 108 Å². The van der Waals surface area contributed by atoms with E-state index in [9.17, 15) is 9.59 Å². The number of piperazine rings is 1. The topological polar surface area (TPSA) is 78.9 Å². The van der Waals surface area contributed by atoms with Crippen LogP contribution in [0.25, 0.3) is 0 Å².